The molecule has 3 aromatic carbocycles. The zero-order valence-corrected chi connectivity index (χ0v) is 15.8. The van der Waals surface area contributed by atoms with Crippen LogP contribution in [0.1, 0.15) is 33.6 Å². The molecule has 1 unspecified atom stereocenters. The van der Waals surface area contributed by atoms with Crippen molar-refractivity contribution in [3.63, 3.8) is 0 Å². The summed E-state index contributed by atoms with van der Waals surface area (Å²) < 4.78 is 0. The lowest BCUT2D eigenvalue weighted by Crippen LogP contribution is -2.25. The van der Waals surface area contributed by atoms with Gasteiger partial charge in [-0.3, -0.25) is 0 Å². The molecule has 0 bridgehead atoms. The molecule has 1 N–H and O–H groups in total. The average Bonchev–Trinajstić information content (AvgIpc) is 2.65. The second-order valence-corrected chi connectivity index (χ2v) is 6.91. The molecule has 0 amide bonds. The van der Waals surface area contributed by atoms with E-state index in [0.717, 1.165) is 13.1 Å². The van der Waals surface area contributed by atoms with Crippen molar-refractivity contribution < 1.29 is 0 Å². The predicted octanol–water partition coefficient (Wildman–Crippen LogP) is 5.92. The van der Waals surface area contributed by atoms with Gasteiger partial charge in [0, 0.05) is 17.1 Å². The molecule has 0 spiro atoms. The molecule has 3 rings (SSSR count). The van der Waals surface area contributed by atoms with Crippen molar-refractivity contribution in [2.24, 2.45) is 0 Å². The first-order valence-electron chi connectivity index (χ1n) is 9.62. The third-order valence-corrected chi connectivity index (χ3v) is 5.18. The van der Waals surface area contributed by atoms with Crippen molar-refractivity contribution in [2.45, 2.75) is 39.7 Å². The van der Waals surface area contributed by atoms with Crippen molar-refractivity contribution in [1.82, 2.24) is 4.90 Å². The van der Waals surface area contributed by atoms with E-state index < -0.39 is 0 Å². The van der Waals surface area contributed by atoms with Crippen LogP contribution in [0.4, 0.5) is 5.69 Å². The second kappa shape index (κ2) is 8.35. The maximum absolute atomic E-state index is 3.77. The molecular weight excluding hydrogens is 304 g/mol. The molecule has 25 heavy (non-hydrogen) atoms. The fraction of sp³-hybridized carbons (Fsp3) is 0.391. The van der Waals surface area contributed by atoms with E-state index in [1.54, 1.807) is 0 Å². The van der Waals surface area contributed by atoms with Crippen LogP contribution in [-0.4, -0.2) is 30.6 Å². The number of benzene rings is 3. The van der Waals surface area contributed by atoms with Gasteiger partial charge in [-0.05, 0) is 61.6 Å². The lowest BCUT2D eigenvalue weighted by Gasteiger charge is -2.21. The third kappa shape index (κ3) is 4.13. The van der Waals surface area contributed by atoms with E-state index in [9.17, 15) is 0 Å². The summed E-state index contributed by atoms with van der Waals surface area (Å²) in [5.74, 6) is 0. The lowest BCUT2D eigenvalue weighted by atomic mass is 9.99. The lowest BCUT2D eigenvalue weighted by molar-refractivity contribution is 0.295. The number of rotatable bonds is 8. The van der Waals surface area contributed by atoms with Crippen molar-refractivity contribution in [1.29, 1.82) is 0 Å². The summed E-state index contributed by atoms with van der Waals surface area (Å²) in [6.07, 6.45) is 2.43. The third-order valence-electron chi connectivity index (χ3n) is 5.18. The minimum absolute atomic E-state index is 0.472. The Labute approximate surface area is 151 Å². The summed E-state index contributed by atoms with van der Waals surface area (Å²) in [6, 6.07) is 20.2. The van der Waals surface area contributed by atoms with Gasteiger partial charge in [0.2, 0.25) is 0 Å². The van der Waals surface area contributed by atoms with Gasteiger partial charge in [0.05, 0.1) is 0 Å². The largest absolute Gasteiger partial charge is 0.382 e. The number of nitrogens with one attached hydrogen (secondary N) is 1. The maximum Gasteiger partial charge on any atom is 0.0428 e. The van der Waals surface area contributed by atoms with Gasteiger partial charge < -0.3 is 10.2 Å². The van der Waals surface area contributed by atoms with Crippen LogP contribution in [-0.2, 0) is 0 Å². The molecular formula is C23H30N2. The van der Waals surface area contributed by atoms with Gasteiger partial charge in [0.25, 0.3) is 0 Å². The van der Waals surface area contributed by atoms with Gasteiger partial charge in [-0.2, -0.15) is 0 Å². The molecule has 0 saturated heterocycles. The quantitative estimate of drug-likeness (QED) is 0.515. The standard InChI is InChI=1S/C23H30N2/c1-4-25(5-2)16-10-11-18(3)24-23-17-19-12-6-7-13-20(19)21-14-8-9-15-22(21)23/h6-9,12-15,17-18,24H,4-5,10-11,16H2,1-3H3. The SMILES string of the molecule is CCN(CC)CCCC(C)Nc1cc2ccccc2c2ccccc12. The Balaban J connectivity index is 1.78. The van der Waals surface area contributed by atoms with E-state index in [-0.39, 0.29) is 0 Å². The van der Waals surface area contributed by atoms with E-state index in [1.165, 1.54) is 46.6 Å². The Hall–Kier alpha value is -2.06. The molecule has 0 radical (unpaired) electrons. The summed E-state index contributed by atoms with van der Waals surface area (Å²) in [7, 11) is 0. The summed E-state index contributed by atoms with van der Waals surface area (Å²) in [6.45, 7) is 10.3. The molecule has 0 heterocycles. The molecule has 0 aliphatic carbocycles. The molecule has 1 atom stereocenters. The summed E-state index contributed by atoms with van der Waals surface area (Å²) in [5.41, 5.74) is 1.25. The fourth-order valence-electron chi connectivity index (χ4n) is 3.67. The smallest absolute Gasteiger partial charge is 0.0428 e. The molecule has 0 aliphatic rings. The summed E-state index contributed by atoms with van der Waals surface area (Å²) in [5, 5.41) is 9.05. The van der Waals surface area contributed by atoms with Crippen LogP contribution in [0.3, 0.4) is 0 Å². The van der Waals surface area contributed by atoms with E-state index >= 15 is 0 Å². The van der Waals surface area contributed by atoms with Crippen LogP contribution in [0.25, 0.3) is 21.5 Å². The van der Waals surface area contributed by atoms with Gasteiger partial charge in [-0.25, -0.2) is 0 Å². The number of hydrogen-bond acceptors (Lipinski definition) is 2. The Kier molecular flexibility index (Phi) is 5.93. The monoisotopic (exact) mass is 334 g/mol. The van der Waals surface area contributed by atoms with Crippen LogP contribution in [0.2, 0.25) is 0 Å². The summed E-state index contributed by atoms with van der Waals surface area (Å²) in [4.78, 5) is 2.50. The first-order chi connectivity index (χ1) is 12.2. The summed E-state index contributed by atoms with van der Waals surface area (Å²) >= 11 is 0. The van der Waals surface area contributed by atoms with Gasteiger partial charge in [-0.1, -0.05) is 62.4 Å². The fourth-order valence-corrected chi connectivity index (χ4v) is 3.67. The van der Waals surface area contributed by atoms with Crippen molar-refractivity contribution >= 4 is 27.2 Å². The molecule has 0 aromatic heterocycles. The van der Waals surface area contributed by atoms with Crippen LogP contribution < -0.4 is 5.32 Å². The Morgan fingerprint density at radius 3 is 2.24 bits per heavy atom. The molecule has 132 valence electrons. The van der Waals surface area contributed by atoms with Crippen LogP contribution in [0.15, 0.2) is 54.6 Å². The first kappa shape index (κ1) is 17.8. The Bertz CT molecular complexity index is 821. The first-order valence-corrected chi connectivity index (χ1v) is 9.62. The van der Waals surface area contributed by atoms with E-state index in [0.29, 0.717) is 6.04 Å². The normalized spacial score (nSPS) is 12.8. The molecule has 3 aromatic rings. The maximum atomic E-state index is 3.77. The van der Waals surface area contributed by atoms with Crippen LogP contribution in [0.5, 0.6) is 0 Å². The number of hydrogen-bond donors (Lipinski definition) is 1. The highest BCUT2D eigenvalue weighted by Crippen LogP contribution is 2.32. The Morgan fingerprint density at radius 1 is 0.880 bits per heavy atom. The van der Waals surface area contributed by atoms with Gasteiger partial charge in [-0.15, -0.1) is 0 Å². The number of fused-ring (bicyclic) bond motifs is 3. The van der Waals surface area contributed by atoms with E-state index in [2.05, 4.69) is 85.6 Å². The van der Waals surface area contributed by atoms with Crippen LogP contribution in [0, 0.1) is 0 Å². The van der Waals surface area contributed by atoms with Crippen LogP contribution >= 0.6 is 0 Å². The minimum Gasteiger partial charge on any atom is -0.382 e. The zero-order chi connectivity index (χ0) is 17.6. The highest BCUT2D eigenvalue weighted by Gasteiger charge is 2.09. The zero-order valence-electron chi connectivity index (χ0n) is 15.8. The molecule has 0 aliphatic heterocycles. The van der Waals surface area contributed by atoms with Gasteiger partial charge in [0.1, 0.15) is 0 Å². The number of nitrogens with zero attached hydrogens (tertiary/aromatic N) is 1. The predicted molar refractivity (Wildman–Crippen MR) is 112 cm³/mol. The highest BCUT2D eigenvalue weighted by molar-refractivity contribution is 6.12. The van der Waals surface area contributed by atoms with Crippen molar-refractivity contribution in [2.75, 3.05) is 25.0 Å². The molecule has 0 fully saturated rings. The van der Waals surface area contributed by atoms with Gasteiger partial charge >= 0.3 is 0 Å². The van der Waals surface area contributed by atoms with Crippen molar-refractivity contribution in [3.05, 3.63) is 54.6 Å². The van der Waals surface area contributed by atoms with Crippen molar-refractivity contribution in [3.8, 4) is 0 Å². The molecule has 2 heteroatoms. The van der Waals surface area contributed by atoms with E-state index in [4.69, 9.17) is 0 Å². The molecule has 0 saturated carbocycles. The topological polar surface area (TPSA) is 15.3 Å². The molecule has 2 nitrogen and oxygen atoms in total. The minimum atomic E-state index is 0.472. The second-order valence-electron chi connectivity index (χ2n) is 6.91. The number of anilines is 1. The van der Waals surface area contributed by atoms with E-state index in [1.807, 2.05) is 0 Å². The average molecular weight is 335 g/mol. The Morgan fingerprint density at radius 2 is 1.52 bits per heavy atom. The van der Waals surface area contributed by atoms with Gasteiger partial charge in [0.15, 0.2) is 0 Å². The highest BCUT2D eigenvalue weighted by atomic mass is 15.1.